The number of hydrogen-bond donors (Lipinski definition) is 5. The molecule has 1 aromatic rings. The minimum absolute atomic E-state index is 0. The van der Waals surface area contributed by atoms with Crippen molar-refractivity contribution in [3.8, 4) is 0 Å². The number of carbonyl (C=O) groups is 4. The smallest absolute Gasteiger partial charge is 0.336 e. The van der Waals surface area contributed by atoms with Gasteiger partial charge in [0.2, 0.25) is 0 Å². The third-order valence-electron chi connectivity index (χ3n) is 2.79. The molecule has 0 spiro atoms. The normalized spacial score (nSPS) is 13.9. The summed E-state index contributed by atoms with van der Waals surface area (Å²) >= 11 is 0. The van der Waals surface area contributed by atoms with Crippen molar-refractivity contribution in [3.05, 3.63) is 18.2 Å². The van der Waals surface area contributed by atoms with E-state index in [0.717, 1.165) is 0 Å². The zero-order valence-electron chi connectivity index (χ0n) is 12.1. The molecule has 0 saturated carbocycles. The number of carboxylic acids is 2. The predicted octanol–water partition coefficient (Wildman–Crippen LogP) is -1.97. The summed E-state index contributed by atoms with van der Waals surface area (Å²) in [4.78, 5) is 50.9. The summed E-state index contributed by atoms with van der Waals surface area (Å²) in [6.07, 6.45) is 0.315. The number of hydrogen-bond acceptors (Lipinski definition) is 8. The topological polar surface area (TPSA) is 193 Å². The van der Waals surface area contributed by atoms with E-state index in [2.05, 4.69) is 14.7 Å². The molecule has 0 fully saturated rings. The van der Waals surface area contributed by atoms with Gasteiger partial charge in [-0.3, -0.25) is 9.59 Å². The van der Waals surface area contributed by atoms with Gasteiger partial charge in [0.1, 0.15) is 6.04 Å². The van der Waals surface area contributed by atoms with E-state index in [-0.39, 0.29) is 28.8 Å². The van der Waals surface area contributed by atoms with E-state index >= 15 is 0 Å². The summed E-state index contributed by atoms with van der Waals surface area (Å²) in [5.41, 5.74) is 3.14. The van der Waals surface area contributed by atoms with E-state index in [1.807, 2.05) is 0 Å². The number of carbonyl (C=O) groups excluding carboxylic acids is 2. The summed E-state index contributed by atoms with van der Waals surface area (Å²) < 4.78 is 4.33. The number of ether oxygens (including phenoxy) is 1. The Bertz CT molecular complexity index is 605. The van der Waals surface area contributed by atoms with E-state index < -0.39 is 48.4 Å². The fraction of sp³-hybridized carbons (Fsp3) is 0.417. The first-order valence-corrected chi connectivity index (χ1v) is 6.29. The van der Waals surface area contributed by atoms with Gasteiger partial charge in [-0.2, -0.15) is 0 Å². The van der Waals surface area contributed by atoms with Crippen molar-refractivity contribution in [2.24, 2.45) is 5.73 Å². The molecule has 1 radical (unpaired) electrons. The summed E-state index contributed by atoms with van der Waals surface area (Å²) in [5.74, 6) is -6.11. The minimum Gasteiger partial charge on any atom is -0.481 e. The monoisotopic (exact) mass is 436 g/mol. The number of aromatic amines is 1. The van der Waals surface area contributed by atoms with E-state index in [4.69, 9.17) is 15.9 Å². The maximum absolute atomic E-state index is 11.6. The predicted molar refractivity (Wildman–Crippen MR) is 70.8 cm³/mol. The van der Waals surface area contributed by atoms with E-state index in [1.165, 1.54) is 12.5 Å². The van der Waals surface area contributed by atoms with Crippen molar-refractivity contribution >= 4 is 23.9 Å². The Kier molecular flexibility index (Phi) is 8.50. The average molecular weight is 437 g/mol. The number of aromatic nitrogens is 2. The number of rotatable bonds is 8. The molecule has 0 aliphatic heterocycles. The molecule has 2 atom stereocenters. The van der Waals surface area contributed by atoms with Crippen LogP contribution in [0.4, 0.5) is 0 Å². The molecular weight excluding hydrogens is 422 g/mol. The standard InChI is InChI=1S/C12H15N3O8.Ag/c13-7(1-6-4-14-5-15-6)10(19)23-9(18)3-12(22,11(20)21)2-8(16)17;/h4-5,7,22H,1-3,13H2,(H,14,15)(H,16,17)(H,20,21);/t7-,12?;/m0./s1. The summed E-state index contributed by atoms with van der Waals surface area (Å²) in [6.45, 7) is 0. The Labute approximate surface area is 150 Å². The van der Waals surface area contributed by atoms with Crippen molar-refractivity contribution in [2.75, 3.05) is 0 Å². The van der Waals surface area contributed by atoms with Crippen molar-refractivity contribution in [1.82, 2.24) is 9.97 Å². The molecule has 0 saturated heterocycles. The average Bonchev–Trinajstić information content (AvgIpc) is 2.89. The summed E-state index contributed by atoms with van der Waals surface area (Å²) in [7, 11) is 0. The maximum Gasteiger partial charge on any atom is 0.336 e. The molecule has 1 unspecified atom stereocenters. The molecule has 1 heterocycles. The number of nitrogens with two attached hydrogens (primary N) is 1. The summed E-state index contributed by atoms with van der Waals surface area (Å²) in [5, 5.41) is 27.0. The van der Waals surface area contributed by atoms with Gasteiger partial charge >= 0.3 is 23.9 Å². The van der Waals surface area contributed by atoms with Crippen LogP contribution in [0.1, 0.15) is 18.5 Å². The van der Waals surface area contributed by atoms with Gasteiger partial charge in [0, 0.05) is 40.7 Å². The molecule has 1 rings (SSSR count). The zero-order valence-corrected chi connectivity index (χ0v) is 13.5. The molecule has 0 aromatic carbocycles. The van der Waals surface area contributed by atoms with E-state index in [9.17, 15) is 24.3 Å². The van der Waals surface area contributed by atoms with Crippen LogP contribution in [0.5, 0.6) is 0 Å². The van der Waals surface area contributed by atoms with E-state index in [0.29, 0.717) is 5.69 Å². The third kappa shape index (κ3) is 6.60. The summed E-state index contributed by atoms with van der Waals surface area (Å²) in [6, 6.07) is -1.23. The van der Waals surface area contributed by atoms with Crippen molar-refractivity contribution in [2.45, 2.75) is 30.9 Å². The Morgan fingerprint density at radius 2 is 1.92 bits per heavy atom. The molecule has 12 heteroatoms. The van der Waals surface area contributed by atoms with Crippen LogP contribution in [0.3, 0.4) is 0 Å². The van der Waals surface area contributed by atoms with Gasteiger partial charge in [0.15, 0.2) is 5.60 Å². The number of imidazole rings is 1. The Morgan fingerprint density at radius 3 is 2.38 bits per heavy atom. The quantitative estimate of drug-likeness (QED) is 0.173. The van der Waals surface area contributed by atoms with Gasteiger partial charge in [-0.15, -0.1) is 0 Å². The second-order valence-corrected chi connectivity index (χ2v) is 4.76. The Morgan fingerprint density at radius 1 is 1.29 bits per heavy atom. The first kappa shape index (κ1) is 22.0. The van der Waals surface area contributed by atoms with Crippen molar-refractivity contribution in [1.29, 1.82) is 0 Å². The Hall–Kier alpha value is -2.05. The second kappa shape index (κ2) is 9.30. The van der Waals surface area contributed by atoms with E-state index in [1.54, 1.807) is 0 Å². The van der Waals surface area contributed by atoms with Crippen LogP contribution in [0.25, 0.3) is 0 Å². The number of carboxylic acid groups (broad SMARTS) is 2. The zero-order chi connectivity index (χ0) is 17.6. The molecule has 1 aromatic heterocycles. The van der Waals surface area contributed by atoms with Crippen LogP contribution in [0.2, 0.25) is 0 Å². The van der Waals surface area contributed by atoms with Crippen LogP contribution in [-0.2, 0) is 52.7 Å². The molecule has 0 amide bonds. The van der Waals surface area contributed by atoms with Crippen LogP contribution in [0, 0.1) is 0 Å². The van der Waals surface area contributed by atoms with Gasteiger partial charge in [0.25, 0.3) is 0 Å². The number of H-pyrrole nitrogens is 1. The third-order valence-corrected chi connectivity index (χ3v) is 2.79. The molecule has 24 heavy (non-hydrogen) atoms. The molecule has 0 bridgehead atoms. The molecule has 0 aliphatic rings. The SMILES string of the molecule is N[C@@H](Cc1cnc[nH]1)C(=O)OC(=O)CC(O)(CC(=O)O)C(=O)O.[Ag]. The molecule has 11 nitrogen and oxygen atoms in total. The number of aliphatic hydroxyl groups is 1. The Balaban J connectivity index is 0.00000529. The van der Waals surface area contributed by atoms with Crippen molar-refractivity contribution < 1.29 is 61.6 Å². The number of esters is 2. The van der Waals surface area contributed by atoms with Gasteiger partial charge in [0.05, 0.1) is 19.2 Å². The van der Waals surface area contributed by atoms with Crippen LogP contribution in [0.15, 0.2) is 12.5 Å². The van der Waals surface area contributed by atoms with Crippen molar-refractivity contribution in [3.63, 3.8) is 0 Å². The van der Waals surface area contributed by atoms with Gasteiger partial charge in [-0.05, 0) is 0 Å². The first-order chi connectivity index (χ1) is 10.6. The number of aliphatic carboxylic acids is 2. The molecule has 6 N–H and O–H groups in total. The number of nitrogens with zero attached hydrogens (tertiary/aromatic N) is 1. The fourth-order valence-corrected chi connectivity index (χ4v) is 1.64. The van der Waals surface area contributed by atoms with Gasteiger partial charge in [-0.1, -0.05) is 0 Å². The largest absolute Gasteiger partial charge is 0.481 e. The van der Waals surface area contributed by atoms with Gasteiger partial charge < -0.3 is 30.8 Å². The maximum atomic E-state index is 11.6. The minimum atomic E-state index is -2.88. The first-order valence-electron chi connectivity index (χ1n) is 6.29. The number of nitrogens with one attached hydrogen (secondary N) is 1. The molecule has 137 valence electrons. The van der Waals surface area contributed by atoms with Gasteiger partial charge in [-0.25, -0.2) is 14.6 Å². The van der Waals surface area contributed by atoms with Crippen LogP contribution >= 0.6 is 0 Å². The molecular formula is C12H15AgN3O8. The second-order valence-electron chi connectivity index (χ2n) is 4.76. The van der Waals surface area contributed by atoms with Crippen LogP contribution in [-0.4, -0.2) is 60.8 Å². The fourth-order valence-electron chi connectivity index (χ4n) is 1.64. The van der Waals surface area contributed by atoms with Crippen LogP contribution < -0.4 is 5.73 Å². The molecule has 0 aliphatic carbocycles.